The van der Waals surface area contributed by atoms with E-state index in [0.29, 0.717) is 11.4 Å². The van der Waals surface area contributed by atoms with Gasteiger partial charge in [0.15, 0.2) is 0 Å². The number of ether oxygens (including phenoxy) is 1. The smallest absolute Gasteiger partial charge is 0.263 e. The van der Waals surface area contributed by atoms with Crippen molar-refractivity contribution in [2.45, 2.75) is 13.0 Å². The third kappa shape index (κ3) is 3.41. The number of rotatable bonds is 6. The van der Waals surface area contributed by atoms with Gasteiger partial charge in [0, 0.05) is 11.1 Å². The Bertz CT molecular complexity index is 1130. The van der Waals surface area contributed by atoms with Crippen LogP contribution in [0.1, 0.15) is 28.8 Å². The maximum atomic E-state index is 14.0. The topological polar surface area (TPSA) is 95.5 Å². The minimum Gasteiger partial charge on any atom is -0.474 e. The molecule has 0 bridgehead atoms. The molecule has 0 spiro atoms. The highest BCUT2D eigenvalue weighted by Crippen LogP contribution is 2.34. The molecule has 8 nitrogen and oxygen atoms in total. The van der Waals surface area contributed by atoms with Gasteiger partial charge in [0.05, 0.1) is 33.8 Å². The average Bonchev–Trinajstić information content (AvgIpc) is 3.39. The molecule has 0 amide bonds. The van der Waals surface area contributed by atoms with Gasteiger partial charge in [0.25, 0.3) is 5.89 Å². The molecular weight excluding hydrogens is 385 g/mol. The Balaban J connectivity index is 1.76. The van der Waals surface area contributed by atoms with Crippen LogP contribution in [0.15, 0.2) is 45.9 Å². The third-order valence-electron chi connectivity index (χ3n) is 4.02. The van der Waals surface area contributed by atoms with E-state index in [1.807, 2.05) is 19.1 Å². The zero-order chi connectivity index (χ0) is 19.5. The van der Waals surface area contributed by atoms with Gasteiger partial charge in [-0.05, 0) is 25.1 Å². The summed E-state index contributed by atoms with van der Waals surface area (Å²) in [7, 11) is 1.37. The molecule has 1 atom stereocenters. The van der Waals surface area contributed by atoms with Crippen LogP contribution in [0.3, 0.4) is 0 Å². The maximum absolute atomic E-state index is 14.0. The first-order chi connectivity index (χ1) is 13.7. The molecule has 0 saturated carbocycles. The monoisotopic (exact) mass is 399 g/mol. The summed E-state index contributed by atoms with van der Waals surface area (Å²) in [5, 5.41) is 11.3. The zero-order valence-electron chi connectivity index (χ0n) is 14.9. The highest BCUT2D eigenvalue weighted by atomic mass is 32.1. The van der Waals surface area contributed by atoms with Crippen LogP contribution in [0, 0.1) is 12.7 Å². The summed E-state index contributed by atoms with van der Waals surface area (Å²) in [6.45, 7) is 1.94. The Kier molecular flexibility index (Phi) is 4.94. The Morgan fingerprint density at radius 3 is 3.00 bits per heavy atom. The SMILES string of the molecule is CO/N=C/c1cc(C(Oc2ccc3ncsc3c2C)c2nnco2)ncc1F. The van der Waals surface area contributed by atoms with Crippen molar-refractivity contribution in [2.75, 3.05) is 7.11 Å². The molecule has 0 aliphatic carbocycles. The predicted molar refractivity (Wildman–Crippen MR) is 99.9 cm³/mol. The number of fused-ring (bicyclic) bond motifs is 1. The van der Waals surface area contributed by atoms with Crippen LogP contribution in [-0.4, -0.2) is 33.5 Å². The fourth-order valence-corrected chi connectivity index (χ4v) is 3.45. The molecule has 28 heavy (non-hydrogen) atoms. The number of aryl methyl sites for hydroxylation is 1. The lowest BCUT2D eigenvalue weighted by molar-refractivity contribution is 0.202. The van der Waals surface area contributed by atoms with Crippen LogP contribution >= 0.6 is 11.3 Å². The normalized spacial score (nSPS) is 12.5. The minimum absolute atomic E-state index is 0.189. The first-order valence-electron chi connectivity index (χ1n) is 8.15. The molecular formula is C18H14FN5O3S. The molecule has 3 aromatic heterocycles. The van der Waals surface area contributed by atoms with Crippen LogP contribution < -0.4 is 4.74 Å². The summed E-state index contributed by atoms with van der Waals surface area (Å²) >= 11 is 1.52. The maximum Gasteiger partial charge on any atom is 0.263 e. The molecule has 4 aromatic rings. The van der Waals surface area contributed by atoms with E-state index in [1.165, 1.54) is 37.1 Å². The lowest BCUT2D eigenvalue weighted by atomic mass is 10.1. The van der Waals surface area contributed by atoms with Crippen LogP contribution in [0.25, 0.3) is 10.2 Å². The van der Waals surface area contributed by atoms with Crippen LogP contribution in [0.2, 0.25) is 0 Å². The first-order valence-corrected chi connectivity index (χ1v) is 9.03. The summed E-state index contributed by atoms with van der Waals surface area (Å²) in [6.07, 6.45) is 2.70. The van der Waals surface area contributed by atoms with Crippen LogP contribution in [0.5, 0.6) is 5.75 Å². The van der Waals surface area contributed by atoms with E-state index in [9.17, 15) is 4.39 Å². The zero-order valence-corrected chi connectivity index (χ0v) is 15.7. The number of nitrogens with zero attached hydrogens (tertiary/aromatic N) is 5. The largest absolute Gasteiger partial charge is 0.474 e. The van der Waals surface area contributed by atoms with Gasteiger partial charge in [-0.3, -0.25) is 4.98 Å². The Morgan fingerprint density at radius 1 is 1.32 bits per heavy atom. The number of aromatic nitrogens is 4. The molecule has 10 heteroatoms. The molecule has 0 aliphatic heterocycles. The molecule has 0 saturated heterocycles. The van der Waals surface area contributed by atoms with Crippen molar-refractivity contribution < 1.29 is 18.4 Å². The number of pyridine rings is 1. The second-order valence-corrected chi connectivity index (χ2v) is 6.57. The standard InChI is InChI=1S/C18H14FN5O3S/c1-10-15(4-3-13-17(10)28-9-21-13)27-16(18-24-22-8-26-18)14-5-11(6-23-25-2)12(19)7-20-14/h3-9,16H,1-2H3/b23-6+. The van der Waals surface area contributed by atoms with E-state index in [4.69, 9.17) is 9.15 Å². The Labute approximate surface area is 162 Å². The van der Waals surface area contributed by atoms with Crippen LogP contribution in [0.4, 0.5) is 4.39 Å². The second kappa shape index (κ2) is 7.69. The van der Waals surface area contributed by atoms with Gasteiger partial charge in [0.2, 0.25) is 12.5 Å². The highest BCUT2D eigenvalue weighted by molar-refractivity contribution is 7.17. The quantitative estimate of drug-likeness (QED) is 0.360. The van der Waals surface area contributed by atoms with Gasteiger partial charge in [-0.25, -0.2) is 9.37 Å². The van der Waals surface area contributed by atoms with Crippen molar-refractivity contribution >= 4 is 27.8 Å². The average molecular weight is 399 g/mol. The molecule has 0 aliphatic rings. The molecule has 1 unspecified atom stereocenters. The number of hydrogen-bond donors (Lipinski definition) is 0. The van der Waals surface area contributed by atoms with Gasteiger partial charge in [-0.1, -0.05) is 5.16 Å². The van der Waals surface area contributed by atoms with Crippen molar-refractivity contribution in [2.24, 2.45) is 5.16 Å². The van der Waals surface area contributed by atoms with Gasteiger partial charge in [0.1, 0.15) is 18.7 Å². The van der Waals surface area contributed by atoms with E-state index in [0.717, 1.165) is 22.0 Å². The number of oxime groups is 1. The van der Waals surface area contributed by atoms with Crippen molar-refractivity contribution in [1.29, 1.82) is 0 Å². The number of benzene rings is 1. The fraction of sp³-hybridized carbons (Fsp3) is 0.167. The predicted octanol–water partition coefficient (Wildman–Crippen LogP) is 3.67. The van der Waals surface area contributed by atoms with Gasteiger partial charge in [-0.15, -0.1) is 21.5 Å². The van der Waals surface area contributed by atoms with Crippen molar-refractivity contribution in [3.63, 3.8) is 0 Å². The lowest BCUT2D eigenvalue weighted by Crippen LogP contribution is -2.13. The molecule has 3 heterocycles. The minimum atomic E-state index is -0.832. The second-order valence-electron chi connectivity index (χ2n) is 5.71. The van der Waals surface area contributed by atoms with Crippen molar-refractivity contribution in [3.05, 3.63) is 64.8 Å². The Morgan fingerprint density at radius 2 is 2.21 bits per heavy atom. The van der Waals surface area contributed by atoms with E-state index in [-0.39, 0.29) is 11.5 Å². The van der Waals surface area contributed by atoms with E-state index >= 15 is 0 Å². The summed E-state index contributed by atoms with van der Waals surface area (Å²) < 4.78 is 26.5. The van der Waals surface area contributed by atoms with E-state index in [1.54, 1.807) is 5.51 Å². The summed E-state index contributed by atoms with van der Waals surface area (Å²) in [5.41, 5.74) is 4.16. The van der Waals surface area contributed by atoms with Crippen molar-refractivity contribution in [1.82, 2.24) is 20.2 Å². The van der Waals surface area contributed by atoms with Crippen LogP contribution in [-0.2, 0) is 4.84 Å². The first kappa shape index (κ1) is 18.0. The summed E-state index contributed by atoms with van der Waals surface area (Å²) in [6, 6.07) is 5.18. The molecule has 142 valence electrons. The van der Waals surface area contributed by atoms with Gasteiger partial charge >= 0.3 is 0 Å². The molecule has 0 radical (unpaired) electrons. The summed E-state index contributed by atoms with van der Waals surface area (Å²) in [4.78, 5) is 13.1. The molecule has 0 fully saturated rings. The highest BCUT2D eigenvalue weighted by Gasteiger charge is 2.25. The van der Waals surface area contributed by atoms with Gasteiger partial charge < -0.3 is 14.0 Å². The van der Waals surface area contributed by atoms with E-state index < -0.39 is 11.9 Å². The van der Waals surface area contributed by atoms with Gasteiger partial charge in [-0.2, -0.15) is 0 Å². The molecule has 4 rings (SSSR count). The molecule has 1 aromatic carbocycles. The Hall–Kier alpha value is -3.40. The van der Waals surface area contributed by atoms with Crippen molar-refractivity contribution in [3.8, 4) is 5.75 Å². The number of halogens is 1. The fourth-order valence-electron chi connectivity index (χ4n) is 2.66. The lowest BCUT2D eigenvalue weighted by Gasteiger charge is -2.17. The number of thiazole rings is 1. The third-order valence-corrected chi connectivity index (χ3v) is 4.98. The van der Waals surface area contributed by atoms with E-state index in [2.05, 4.69) is 30.2 Å². The summed E-state index contributed by atoms with van der Waals surface area (Å²) in [5.74, 6) is 0.256. The molecule has 0 N–H and O–H groups in total. The number of hydrogen-bond acceptors (Lipinski definition) is 9.